The van der Waals surface area contributed by atoms with E-state index in [1.54, 1.807) is 0 Å². The molecule has 2 aliphatic rings. The predicted octanol–water partition coefficient (Wildman–Crippen LogP) is 7.60. The highest BCUT2D eigenvalue weighted by molar-refractivity contribution is 5.64. The Morgan fingerprint density at radius 2 is 1.29 bits per heavy atom. The third-order valence-corrected chi connectivity index (χ3v) is 7.98. The van der Waals surface area contributed by atoms with Crippen molar-refractivity contribution in [3.8, 4) is 46.2 Å². The average Bonchev–Trinajstić information content (AvgIpc) is 3.87. The minimum absolute atomic E-state index is 0.126. The number of aromatic nitrogens is 6. The third-order valence-electron chi connectivity index (χ3n) is 7.98. The van der Waals surface area contributed by atoms with E-state index in [4.69, 9.17) is 9.47 Å². The normalized spacial score (nSPS) is 17.0. The summed E-state index contributed by atoms with van der Waals surface area (Å²) in [6, 6.07) is 14.5. The van der Waals surface area contributed by atoms with Crippen molar-refractivity contribution in [2.75, 3.05) is 13.2 Å². The van der Waals surface area contributed by atoms with Gasteiger partial charge in [-0.1, -0.05) is 59.2 Å². The molecule has 48 heavy (non-hydrogen) atoms. The molecule has 8 nitrogen and oxygen atoms in total. The van der Waals surface area contributed by atoms with Crippen LogP contribution in [0.1, 0.15) is 84.4 Å². The molecule has 6 rings (SSSR count). The summed E-state index contributed by atoms with van der Waals surface area (Å²) in [5.74, 6) is 15.1. The number of ether oxygens (including phenoxy) is 2. The Morgan fingerprint density at radius 1 is 0.750 bits per heavy atom. The summed E-state index contributed by atoms with van der Waals surface area (Å²) in [6.45, 7) is 19.3. The third kappa shape index (κ3) is 11.5. The van der Waals surface area contributed by atoms with Crippen molar-refractivity contribution in [3.05, 3.63) is 71.5 Å². The summed E-state index contributed by atoms with van der Waals surface area (Å²) in [6.07, 6.45) is 7.69. The number of benzene rings is 2. The number of nitrogens with zero attached hydrogens (tertiary/aromatic N) is 6. The van der Waals surface area contributed by atoms with Gasteiger partial charge in [-0.15, -0.1) is 10.2 Å². The summed E-state index contributed by atoms with van der Waals surface area (Å²) in [5, 5.41) is 16.9. The molecule has 2 unspecified atom stereocenters. The molecule has 4 aromatic rings. The van der Waals surface area contributed by atoms with E-state index in [2.05, 4.69) is 121 Å². The van der Waals surface area contributed by atoms with Gasteiger partial charge in [0.2, 0.25) is 0 Å². The lowest BCUT2D eigenvalue weighted by Gasteiger charge is -2.19. The average molecular weight is 647 g/mol. The molecule has 0 spiro atoms. The van der Waals surface area contributed by atoms with Gasteiger partial charge in [0.05, 0.1) is 49.9 Å². The quantitative estimate of drug-likeness (QED) is 0.184. The Labute approximate surface area is 286 Å². The van der Waals surface area contributed by atoms with Crippen LogP contribution in [-0.4, -0.2) is 54.4 Å². The molecule has 0 aliphatic heterocycles. The second kappa shape index (κ2) is 15.3. The van der Waals surface area contributed by atoms with Crippen LogP contribution in [0.15, 0.2) is 54.9 Å². The van der Waals surface area contributed by atoms with E-state index < -0.39 is 0 Å². The molecule has 0 bridgehead atoms. The first-order valence-corrected chi connectivity index (χ1v) is 17.1. The Balaban J connectivity index is 0.000000188. The Kier molecular flexibility index (Phi) is 11.2. The lowest BCUT2D eigenvalue weighted by atomic mass is 10.0. The minimum Gasteiger partial charge on any atom is -0.374 e. The van der Waals surface area contributed by atoms with Gasteiger partial charge in [0.15, 0.2) is 0 Å². The van der Waals surface area contributed by atoms with Crippen LogP contribution >= 0.6 is 0 Å². The maximum absolute atomic E-state index is 5.74. The molecule has 2 aromatic carbocycles. The van der Waals surface area contributed by atoms with E-state index in [0.29, 0.717) is 38.1 Å². The maximum atomic E-state index is 5.74. The van der Waals surface area contributed by atoms with Crippen molar-refractivity contribution in [1.29, 1.82) is 0 Å². The van der Waals surface area contributed by atoms with Crippen LogP contribution < -0.4 is 0 Å². The van der Waals surface area contributed by atoms with Gasteiger partial charge in [-0.05, 0) is 103 Å². The van der Waals surface area contributed by atoms with Crippen LogP contribution in [0.2, 0.25) is 0 Å². The molecular weight excluding hydrogens is 596 g/mol. The highest BCUT2D eigenvalue weighted by Gasteiger charge is 2.30. The molecule has 0 N–H and O–H groups in total. The fraction of sp³-hybridized carbons (Fsp3) is 0.500. The second-order valence-electron chi connectivity index (χ2n) is 14.9. The van der Waals surface area contributed by atoms with Crippen LogP contribution in [0.25, 0.3) is 22.5 Å². The molecule has 2 atom stereocenters. The first kappa shape index (κ1) is 35.1. The van der Waals surface area contributed by atoms with Crippen LogP contribution in [0, 0.1) is 48.4 Å². The van der Waals surface area contributed by atoms with Gasteiger partial charge in [-0.3, -0.25) is 0 Å². The first-order chi connectivity index (χ1) is 22.8. The molecule has 2 fully saturated rings. The molecule has 0 saturated heterocycles. The largest absolute Gasteiger partial charge is 0.374 e. The van der Waals surface area contributed by atoms with E-state index in [9.17, 15) is 0 Å². The lowest BCUT2D eigenvalue weighted by Crippen LogP contribution is -2.22. The summed E-state index contributed by atoms with van der Waals surface area (Å²) >= 11 is 0. The van der Waals surface area contributed by atoms with Gasteiger partial charge in [-0.2, -0.15) is 0 Å². The Morgan fingerprint density at radius 3 is 1.83 bits per heavy atom. The van der Waals surface area contributed by atoms with Crippen molar-refractivity contribution in [1.82, 2.24) is 30.0 Å². The summed E-state index contributed by atoms with van der Waals surface area (Å²) in [7, 11) is 0. The SMILES string of the molecule is CC1CC1C#Cc1ccc(-c2cn(CCOC(C)(C)C)nn2)cc1.Cc1cc(C#CC2CC2)ccc1-c1cn(CCOC(C)(C)C)nn1. The molecule has 0 amide bonds. The minimum atomic E-state index is -0.128. The van der Waals surface area contributed by atoms with Crippen LogP contribution in [-0.2, 0) is 22.6 Å². The van der Waals surface area contributed by atoms with Gasteiger partial charge in [0.25, 0.3) is 0 Å². The van der Waals surface area contributed by atoms with Crippen LogP contribution in [0.5, 0.6) is 0 Å². The standard InChI is InChI=1S/2C20H25N3O/c1-15-13-18(15)10-7-16-5-8-17(9-6-16)19-14-23(22-21-19)11-12-24-20(2,3)4;1-15-13-17(8-7-16-5-6-16)9-10-18(15)19-14-23(22-21-19)11-12-24-20(2,3)4/h5-6,8-9,14-15,18H,11-13H2,1-4H3;9-10,13-14,16H,5-6,11-12H2,1-4H3. The number of aryl methyl sites for hydroxylation is 1. The second-order valence-corrected chi connectivity index (χ2v) is 14.9. The predicted molar refractivity (Wildman–Crippen MR) is 191 cm³/mol. The molecule has 8 heteroatoms. The van der Waals surface area contributed by atoms with Gasteiger partial charge in [-0.25, -0.2) is 9.36 Å². The summed E-state index contributed by atoms with van der Waals surface area (Å²) < 4.78 is 15.1. The molecular formula is C40H50N6O2. The van der Waals surface area contributed by atoms with E-state index in [1.807, 2.05) is 42.5 Å². The van der Waals surface area contributed by atoms with Crippen molar-refractivity contribution < 1.29 is 9.47 Å². The smallest absolute Gasteiger partial charge is 0.113 e. The van der Waals surface area contributed by atoms with Crippen LogP contribution in [0.4, 0.5) is 0 Å². The zero-order valence-electron chi connectivity index (χ0n) is 29.9. The van der Waals surface area contributed by atoms with E-state index >= 15 is 0 Å². The Bertz CT molecular complexity index is 1780. The highest BCUT2D eigenvalue weighted by atomic mass is 16.5. The zero-order chi connectivity index (χ0) is 34.3. The van der Waals surface area contributed by atoms with Gasteiger partial charge < -0.3 is 9.47 Å². The topological polar surface area (TPSA) is 79.9 Å². The Hall–Kier alpha value is -4.24. The van der Waals surface area contributed by atoms with Gasteiger partial charge >= 0.3 is 0 Å². The summed E-state index contributed by atoms with van der Waals surface area (Å²) in [5.41, 5.74) is 6.99. The molecule has 2 aliphatic carbocycles. The van der Waals surface area contributed by atoms with E-state index in [0.717, 1.165) is 39.6 Å². The van der Waals surface area contributed by atoms with E-state index in [1.165, 1.54) is 24.8 Å². The molecule has 0 radical (unpaired) electrons. The number of hydrogen-bond acceptors (Lipinski definition) is 6. The molecule has 2 heterocycles. The van der Waals surface area contributed by atoms with Crippen molar-refractivity contribution >= 4 is 0 Å². The van der Waals surface area contributed by atoms with E-state index in [-0.39, 0.29) is 11.2 Å². The monoisotopic (exact) mass is 646 g/mol. The highest BCUT2D eigenvalue weighted by Crippen LogP contribution is 2.36. The number of rotatable bonds is 8. The molecule has 2 saturated carbocycles. The lowest BCUT2D eigenvalue weighted by molar-refractivity contribution is -0.00842. The fourth-order valence-corrected chi connectivity index (χ4v) is 4.83. The first-order valence-electron chi connectivity index (χ1n) is 17.1. The summed E-state index contributed by atoms with van der Waals surface area (Å²) in [4.78, 5) is 0. The van der Waals surface area contributed by atoms with Crippen molar-refractivity contribution in [2.45, 2.75) is 98.9 Å². The molecule has 252 valence electrons. The van der Waals surface area contributed by atoms with Gasteiger partial charge in [0.1, 0.15) is 11.4 Å². The zero-order valence-corrected chi connectivity index (χ0v) is 29.9. The molecule has 2 aromatic heterocycles. The van der Waals surface area contributed by atoms with Crippen molar-refractivity contribution in [2.24, 2.45) is 17.8 Å². The van der Waals surface area contributed by atoms with Gasteiger partial charge in [0, 0.05) is 34.1 Å². The van der Waals surface area contributed by atoms with Crippen LogP contribution in [0.3, 0.4) is 0 Å². The van der Waals surface area contributed by atoms with Crippen molar-refractivity contribution in [3.63, 3.8) is 0 Å². The fourth-order valence-electron chi connectivity index (χ4n) is 4.83. The maximum Gasteiger partial charge on any atom is 0.113 e. The number of hydrogen-bond donors (Lipinski definition) is 0.